The lowest BCUT2D eigenvalue weighted by Crippen LogP contribution is -2.14. The minimum absolute atomic E-state index is 0.286. The normalized spacial score (nSPS) is 10.3. The van der Waals surface area contributed by atoms with E-state index in [0.717, 1.165) is 11.3 Å². The molecule has 0 aliphatic heterocycles. The van der Waals surface area contributed by atoms with Crippen molar-refractivity contribution in [2.45, 2.75) is 6.54 Å². The molecule has 0 atom stereocenters. The van der Waals surface area contributed by atoms with E-state index in [1.165, 1.54) is 0 Å². The Morgan fingerprint density at radius 1 is 1.00 bits per heavy atom. The number of hydrogen-bond acceptors (Lipinski definition) is 3. The van der Waals surface area contributed by atoms with Crippen LogP contribution in [0, 0.1) is 0 Å². The Bertz CT molecular complexity index is 885. The zero-order valence-corrected chi connectivity index (χ0v) is 14.7. The fraction of sp³-hybridized carbons (Fsp3) is 0.0526. The number of carbonyl (C=O) groups is 1. The Labute approximate surface area is 155 Å². The molecule has 0 bridgehead atoms. The highest BCUT2D eigenvalue weighted by Crippen LogP contribution is 2.29. The van der Waals surface area contributed by atoms with E-state index in [9.17, 15) is 4.79 Å². The Hall–Kier alpha value is -2.56. The van der Waals surface area contributed by atoms with Gasteiger partial charge in [-0.25, -0.2) is 0 Å². The van der Waals surface area contributed by atoms with Crippen LogP contribution in [0.15, 0.2) is 66.9 Å². The summed E-state index contributed by atoms with van der Waals surface area (Å²) in [5.74, 6) is -0.354. The van der Waals surface area contributed by atoms with Gasteiger partial charge in [-0.15, -0.1) is 0 Å². The Kier molecular flexibility index (Phi) is 5.53. The van der Waals surface area contributed by atoms with Gasteiger partial charge in [0.25, 0.3) is 5.91 Å². The maximum absolute atomic E-state index is 12.4. The first-order chi connectivity index (χ1) is 12.1. The van der Waals surface area contributed by atoms with Gasteiger partial charge in [0.15, 0.2) is 0 Å². The third-order valence-corrected chi connectivity index (χ3v) is 4.35. The van der Waals surface area contributed by atoms with Crippen LogP contribution in [-0.2, 0) is 6.54 Å². The first-order valence-corrected chi connectivity index (χ1v) is 8.38. The number of rotatable bonds is 5. The smallest absolute Gasteiger partial charge is 0.274 e. The molecule has 0 spiro atoms. The number of hydrogen-bond donors (Lipinski definition) is 2. The molecule has 0 aliphatic carbocycles. The molecular weight excluding hydrogens is 357 g/mol. The van der Waals surface area contributed by atoms with Crippen LogP contribution in [0.2, 0.25) is 10.0 Å². The molecule has 126 valence electrons. The summed E-state index contributed by atoms with van der Waals surface area (Å²) in [7, 11) is 0. The fourth-order valence-corrected chi connectivity index (χ4v) is 2.60. The Morgan fingerprint density at radius 2 is 1.80 bits per heavy atom. The van der Waals surface area contributed by atoms with Crippen LogP contribution < -0.4 is 10.6 Å². The topological polar surface area (TPSA) is 54.0 Å². The summed E-state index contributed by atoms with van der Waals surface area (Å²) in [5, 5.41) is 6.68. The molecule has 0 radical (unpaired) electrons. The second-order valence-electron chi connectivity index (χ2n) is 5.32. The monoisotopic (exact) mass is 371 g/mol. The average molecular weight is 372 g/mol. The van der Waals surface area contributed by atoms with Crippen molar-refractivity contribution in [3.63, 3.8) is 0 Å². The number of benzene rings is 2. The molecule has 0 unspecified atom stereocenters. The molecule has 0 fully saturated rings. The van der Waals surface area contributed by atoms with Gasteiger partial charge < -0.3 is 10.6 Å². The number of carbonyl (C=O) groups excluding carboxylic acids is 1. The van der Waals surface area contributed by atoms with E-state index >= 15 is 0 Å². The van der Waals surface area contributed by atoms with Gasteiger partial charge >= 0.3 is 0 Å². The molecule has 2 N–H and O–H groups in total. The van der Waals surface area contributed by atoms with Crippen molar-refractivity contribution in [3.05, 3.63) is 88.2 Å². The quantitative estimate of drug-likeness (QED) is 0.643. The number of aromatic nitrogens is 1. The van der Waals surface area contributed by atoms with Gasteiger partial charge in [-0.05, 0) is 29.8 Å². The maximum Gasteiger partial charge on any atom is 0.274 e. The molecule has 2 aromatic carbocycles. The highest BCUT2D eigenvalue weighted by atomic mass is 35.5. The summed E-state index contributed by atoms with van der Waals surface area (Å²) in [4.78, 5) is 16.5. The molecular formula is C19H15Cl2N3O. The second-order valence-corrected chi connectivity index (χ2v) is 6.11. The van der Waals surface area contributed by atoms with Crippen LogP contribution >= 0.6 is 23.2 Å². The number of nitrogens with zero attached hydrogens (tertiary/aromatic N) is 1. The number of amides is 1. The summed E-state index contributed by atoms with van der Waals surface area (Å²) in [6.45, 7) is 0.659. The average Bonchev–Trinajstić information content (AvgIpc) is 2.65. The van der Waals surface area contributed by atoms with Gasteiger partial charge in [0.05, 0.1) is 15.7 Å². The molecule has 0 saturated carbocycles. The van der Waals surface area contributed by atoms with Crippen molar-refractivity contribution < 1.29 is 4.79 Å². The Balaban J connectivity index is 1.70. The lowest BCUT2D eigenvalue weighted by atomic mass is 10.2. The molecule has 0 saturated heterocycles. The zero-order chi connectivity index (χ0) is 17.6. The van der Waals surface area contributed by atoms with Crippen molar-refractivity contribution in [1.29, 1.82) is 0 Å². The van der Waals surface area contributed by atoms with Crippen LogP contribution in [0.25, 0.3) is 0 Å². The summed E-state index contributed by atoms with van der Waals surface area (Å²) >= 11 is 12.1. The van der Waals surface area contributed by atoms with Gasteiger partial charge in [0, 0.05) is 18.4 Å². The summed E-state index contributed by atoms with van der Waals surface area (Å²) < 4.78 is 0. The third-order valence-electron chi connectivity index (χ3n) is 3.53. The molecule has 25 heavy (non-hydrogen) atoms. The van der Waals surface area contributed by atoms with Crippen molar-refractivity contribution in [3.8, 4) is 0 Å². The van der Waals surface area contributed by atoms with E-state index in [0.29, 0.717) is 22.3 Å². The van der Waals surface area contributed by atoms with Gasteiger partial charge in [-0.1, -0.05) is 59.6 Å². The molecule has 1 aromatic heterocycles. The predicted octanol–water partition coefficient (Wildman–Crippen LogP) is 5.25. The largest absolute Gasteiger partial charge is 0.381 e. The standard InChI is InChI=1S/C19H15Cl2N3O/c20-15-7-4-8-16(18(15)21)24-19(25)17-11-14(9-10-22-17)23-12-13-5-2-1-3-6-13/h1-11H,12H2,(H,22,23)(H,24,25). The van der Waals surface area contributed by atoms with Gasteiger partial charge in [0.1, 0.15) is 5.69 Å². The van der Waals surface area contributed by atoms with Crippen molar-refractivity contribution in [2.24, 2.45) is 0 Å². The van der Waals surface area contributed by atoms with Crippen LogP contribution in [0.3, 0.4) is 0 Å². The lowest BCUT2D eigenvalue weighted by molar-refractivity contribution is 0.102. The Morgan fingerprint density at radius 3 is 2.60 bits per heavy atom. The van der Waals surface area contributed by atoms with E-state index in [-0.39, 0.29) is 11.6 Å². The molecule has 3 aromatic rings. The first-order valence-electron chi connectivity index (χ1n) is 7.63. The van der Waals surface area contributed by atoms with E-state index in [1.807, 2.05) is 36.4 Å². The SMILES string of the molecule is O=C(Nc1cccc(Cl)c1Cl)c1cc(NCc2ccccc2)ccn1. The van der Waals surface area contributed by atoms with Crippen LogP contribution in [-0.4, -0.2) is 10.9 Å². The van der Waals surface area contributed by atoms with Crippen molar-refractivity contribution in [1.82, 2.24) is 4.98 Å². The maximum atomic E-state index is 12.4. The van der Waals surface area contributed by atoms with Gasteiger partial charge in [-0.3, -0.25) is 9.78 Å². The van der Waals surface area contributed by atoms with E-state index in [1.54, 1.807) is 30.5 Å². The minimum atomic E-state index is -0.354. The van der Waals surface area contributed by atoms with Crippen LogP contribution in [0.1, 0.15) is 16.1 Å². The van der Waals surface area contributed by atoms with Crippen molar-refractivity contribution >= 4 is 40.5 Å². The lowest BCUT2D eigenvalue weighted by Gasteiger charge is -2.10. The summed E-state index contributed by atoms with van der Waals surface area (Å²) in [6.07, 6.45) is 1.59. The number of pyridine rings is 1. The minimum Gasteiger partial charge on any atom is -0.381 e. The van der Waals surface area contributed by atoms with Crippen LogP contribution in [0.5, 0.6) is 0 Å². The summed E-state index contributed by atoms with van der Waals surface area (Å²) in [6, 6.07) is 18.6. The molecule has 1 heterocycles. The number of anilines is 2. The van der Waals surface area contributed by atoms with Crippen LogP contribution in [0.4, 0.5) is 11.4 Å². The second kappa shape index (κ2) is 8.01. The summed E-state index contributed by atoms with van der Waals surface area (Å²) in [5.41, 5.74) is 2.69. The van der Waals surface area contributed by atoms with Gasteiger partial charge in [0.2, 0.25) is 0 Å². The molecule has 4 nitrogen and oxygen atoms in total. The number of nitrogens with one attached hydrogen (secondary N) is 2. The fourth-order valence-electron chi connectivity index (χ4n) is 2.25. The third kappa shape index (κ3) is 4.50. The highest BCUT2D eigenvalue weighted by Gasteiger charge is 2.12. The van der Waals surface area contributed by atoms with Crippen molar-refractivity contribution in [2.75, 3.05) is 10.6 Å². The highest BCUT2D eigenvalue weighted by molar-refractivity contribution is 6.44. The predicted molar refractivity (Wildman–Crippen MR) is 102 cm³/mol. The van der Waals surface area contributed by atoms with Gasteiger partial charge in [-0.2, -0.15) is 0 Å². The zero-order valence-electron chi connectivity index (χ0n) is 13.2. The molecule has 6 heteroatoms. The van der Waals surface area contributed by atoms with E-state index in [2.05, 4.69) is 15.6 Å². The molecule has 0 aliphatic rings. The van der Waals surface area contributed by atoms with E-state index in [4.69, 9.17) is 23.2 Å². The number of halogens is 2. The molecule has 1 amide bonds. The van der Waals surface area contributed by atoms with E-state index < -0.39 is 0 Å². The molecule has 3 rings (SSSR count). The first kappa shape index (κ1) is 17.3.